The molecule has 2 heteroatoms. The van der Waals surface area contributed by atoms with Crippen LogP contribution in [-0.4, -0.2) is 26.3 Å². The first kappa shape index (κ1) is 10.7. The van der Waals surface area contributed by atoms with Gasteiger partial charge in [0.25, 0.3) is 0 Å². The highest BCUT2D eigenvalue weighted by atomic mass is 16.5. The van der Waals surface area contributed by atoms with Gasteiger partial charge in [-0.1, -0.05) is 26.0 Å². The predicted molar refractivity (Wildman–Crippen MR) is 55.8 cm³/mol. The van der Waals surface area contributed by atoms with Crippen molar-refractivity contribution in [2.45, 2.75) is 20.3 Å². The summed E-state index contributed by atoms with van der Waals surface area (Å²) in [5, 5.41) is 3.38. The van der Waals surface area contributed by atoms with Crippen molar-refractivity contribution in [2.75, 3.05) is 26.3 Å². The zero-order valence-electron chi connectivity index (χ0n) is 8.75. The van der Waals surface area contributed by atoms with Crippen LogP contribution in [0.3, 0.4) is 0 Å². The molecule has 0 bridgehead atoms. The second-order valence-corrected chi connectivity index (χ2v) is 4.10. The first-order chi connectivity index (χ1) is 6.29. The van der Waals surface area contributed by atoms with Gasteiger partial charge in [0, 0.05) is 19.1 Å². The Hall–Kier alpha value is -0.340. The van der Waals surface area contributed by atoms with Crippen LogP contribution in [0.1, 0.15) is 20.3 Å². The van der Waals surface area contributed by atoms with E-state index >= 15 is 0 Å². The van der Waals surface area contributed by atoms with Crippen LogP contribution in [0.5, 0.6) is 0 Å². The molecule has 1 rings (SSSR count). The lowest BCUT2D eigenvalue weighted by atomic mass is 10.1. The van der Waals surface area contributed by atoms with E-state index in [0.29, 0.717) is 5.92 Å². The lowest BCUT2D eigenvalue weighted by Crippen LogP contribution is -2.19. The Morgan fingerprint density at radius 3 is 3.00 bits per heavy atom. The lowest BCUT2D eigenvalue weighted by Gasteiger charge is -2.04. The smallest absolute Gasteiger partial charge is 0.0529 e. The average Bonchev–Trinajstić information content (AvgIpc) is 2.55. The van der Waals surface area contributed by atoms with Gasteiger partial charge >= 0.3 is 0 Å². The van der Waals surface area contributed by atoms with Gasteiger partial charge in [-0.25, -0.2) is 0 Å². The Labute approximate surface area is 81.4 Å². The quantitative estimate of drug-likeness (QED) is 0.518. The van der Waals surface area contributed by atoms with Gasteiger partial charge in [-0.2, -0.15) is 0 Å². The van der Waals surface area contributed by atoms with E-state index in [1.165, 1.54) is 6.42 Å². The predicted octanol–water partition coefficient (Wildman–Crippen LogP) is 1.82. The highest BCUT2D eigenvalue weighted by Crippen LogP contribution is 2.12. The van der Waals surface area contributed by atoms with Crippen LogP contribution in [0.2, 0.25) is 0 Å². The van der Waals surface area contributed by atoms with Gasteiger partial charge in [0.2, 0.25) is 0 Å². The number of nitrogens with one attached hydrogen (secondary N) is 1. The fourth-order valence-electron chi connectivity index (χ4n) is 1.42. The summed E-state index contributed by atoms with van der Waals surface area (Å²) in [7, 11) is 0. The first-order valence-corrected chi connectivity index (χ1v) is 5.24. The van der Waals surface area contributed by atoms with Crippen molar-refractivity contribution in [3.05, 3.63) is 12.2 Å². The molecular formula is C11H21NO. The van der Waals surface area contributed by atoms with Crippen LogP contribution in [-0.2, 0) is 4.74 Å². The zero-order valence-corrected chi connectivity index (χ0v) is 8.75. The molecule has 0 saturated carbocycles. The van der Waals surface area contributed by atoms with E-state index in [1.54, 1.807) is 0 Å². The van der Waals surface area contributed by atoms with Crippen LogP contribution < -0.4 is 5.32 Å². The van der Waals surface area contributed by atoms with Crippen molar-refractivity contribution >= 4 is 0 Å². The molecule has 13 heavy (non-hydrogen) atoms. The van der Waals surface area contributed by atoms with E-state index in [4.69, 9.17) is 4.74 Å². The average molecular weight is 183 g/mol. The Balaban J connectivity index is 1.97. The van der Waals surface area contributed by atoms with Crippen LogP contribution in [0.15, 0.2) is 12.2 Å². The molecule has 1 N–H and O–H groups in total. The molecule has 0 amide bonds. The molecule has 1 aliphatic heterocycles. The minimum atomic E-state index is 0.667. The van der Waals surface area contributed by atoms with E-state index in [1.807, 2.05) is 0 Å². The molecule has 0 aliphatic carbocycles. The largest absolute Gasteiger partial charge is 0.381 e. The van der Waals surface area contributed by atoms with Crippen LogP contribution >= 0.6 is 0 Å². The van der Waals surface area contributed by atoms with Crippen LogP contribution in [0, 0.1) is 11.8 Å². The topological polar surface area (TPSA) is 21.3 Å². The number of hydrogen-bond donors (Lipinski definition) is 1. The van der Waals surface area contributed by atoms with Gasteiger partial charge in [-0.05, 0) is 18.9 Å². The molecular weight excluding hydrogens is 162 g/mol. The highest BCUT2D eigenvalue weighted by Gasteiger charge is 2.10. The summed E-state index contributed by atoms with van der Waals surface area (Å²) in [5.74, 6) is 1.41. The Kier molecular flexibility index (Phi) is 5.09. The van der Waals surface area contributed by atoms with Crippen LogP contribution in [0.25, 0.3) is 0 Å². The summed E-state index contributed by atoms with van der Waals surface area (Å²) < 4.78 is 5.28. The van der Waals surface area contributed by atoms with Gasteiger partial charge < -0.3 is 10.1 Å². The highest BCUT2D eigenvalue weighted by molar-refractivity contribution is 4.91. The molecule has 0 aromatic carbocycles. The lowest BCUT2D eigenvalue weighted by molar-refractivity contribution is 0.191. The molecule has 1 aliphatic rings. The zero-order chi connectivity index (χ0) is 9.52. The van der Waals surface area contributed by atoms with Crippen molar-refractivity contribution in [3.8, 4) is 0 Å². The Morgan fingerprint density at radius 2 is 2.38 bits per heavy atom. The fraction of sp³-hybridized carbons (Fsp3) is 0.818. The number of hydrogen-bond acceptors (Lipinski definition) is 2. The third kappa shape index (κ3) is 5.06. The van der Waals surface area contributed by atoms with E-state index in [-0.39, 0.29) is 0 Å². The Bertz CT molecular complexity index is 148. The molecule has 2 nitrogen and oxygen atoms in total. The minimum Gasteiger partial charge on any atom is -0.381 e. The van der Waals surface area contributed by atoms with E-state index in [2.05, 4.69) is 31.3 Å². The molecule has 1 unspecified atom stereocenters. The maximum Gasteiger partial charge on any atom is 0.0529 e. The summed E-state index contributed by atoms with van der Waals surface area (Å²) in [6.07, 6.45) is 5.70. The maximum absolute atomic E-state index is 5.28. The van der Waals surface area contributed by atoms with Crippen molar-refractivity contribution in [1.82, 2.24) is 5.32 Å². The van der Waals surface area contributed by atoms with Crippen molar-refractivity contribution in [3.63, 3.8) is 0 Å². The fourth-order valence-corrected chi connectivity index (χ4v) is 1.42. The van der Waals surface area contributed by atoms with Crippen molar-refractivity contribution in [1.29, 1.82) is 0 Å². The molecule has 0 aromatic heterocycles. The maximum atomic E-state index is 5.28. The molecule has 0 radical (unpaired) electrons. The van der Waals surface area contributed by atoms with Gasteiger partial charge in [0.05, 0.1) is 6.61 Å². The van der Waals surface area contributed by atoms with Gasteiger partial charge in [-0.3, -0.25) is 0 Å². The molecule has 1 fully saturated rings. The summed E-state index contributed by atoms with van der Waals surface area (Å²) in [6.45, 7) is 8.40. The van der Waals surface area contributed by atoms with Gasteiger partial charge in [0.15, 0.2) is 0 Å². The summed E-state index contributed by atoms with van der Waals surface area (Å²) >= 11 is 0. The van der Waals surface area contributed by atoms with Crippen molar-refractivity contribution < 1.29 is 4.74 Å². The third-order valence-electron chi connectivity index (χ3n) is 2.19. The number of ether oxygens (including phenoxy) is 1. The second kappa shape index (κ2) is 6.17. The molecule has 1 saturated heterocycles. The normalized spacial score (nSPS) is 23.5. The number of rotatable bonds is 5. The molecule has 1 atom stereocenters. The standard InChI is InChI=1S/C11H21NO/c1-10(2)8-12-6-3-4-11-5-7-13-9-11/h3-4,10-12H,5-9H2,1-2H3. The van der Waals surface area contributed by atoms with Crippen LogP contribution in [0.4, 0.5) is 0 Å². The summed E-state index contributed by atoms with van der Waals surface area (Å²) in [4.78, 5) is 0. The molecule has 0 spiro atoms. The van der Waals surface area contributed by atoms with Crippen molar-refractivity contribution in [2.24, 2.45) is 11.8 Å². The van der Waals surface area contributed by atoms with Gasteiger partial charge in [0.1, 0.15) is 0 Å². The second-order valence-electron chi connectivity index (χ2n) is 4.10. The van der Waals surface area contributed by atoms with Gasteiger partial charge in [-0.15, -0.1) is 0 Å². The van der Waals surface area contributed by atoms with E-state index < -0.39 is 0 Å². The molecule has 1 heterocycles. The van der Waals surface area contributed by atoms with E-state index in [0.717, 1.165) is 32.2 Å². The monoisotopic (exact) mass is 183 g/mol. The molecule has 76 valence electrons. The first-order valence-electron chi connectivity index (χ1n) is 5.24. The summed E-state index contributed by atoms with van der Waals surface area (Å²) in [5.41, 5.74) is 0. The molecule has 0 aromatic rings. The minimum absolute atomic E-state index is 0.667. The SMILES string of the molecule is CC(C)CNCC=CC1CCOC1. The summed E-state index contributed by atoms with van der Waals surface area (Å²) in [6, 6.07) is 0. The Morgan fingerprint density at radius 1 is 1.54 bits per heavy atom. The third-order valence-corrected chi connectivity index (χ3v) is 2.19. The van der Waals surface area contributed by atoms with E-state index in [9.17, 15) is 0 Å².